The van der Waals surface area contributed by atoms with E-state index in [0.29, 0.717) is 5.92 Å². The Bertz CT molecular complexity index is 2800. The summed E-state index contributed by atoms with van der Waals surface area (Å²) >= 11 is 0. The molecule has 0 N–H and O–H groups in total. The number of benzene rings is 8. The van der Waals surface area contributed by atoms with Gasteiger partial charge >= 0.3 is 0 Å². The highest BCUT2D eigenvalue weighted by Gasteiger charge is 2.51. The first-order chi connectivity index (χ1) is 28.3. The summed E-state index contributed by atoms with van der Waals surface area (Å²) in [6, 6.07) is 76.4. The molecule has 57 heavy (non-hydrogen) atoms. The molecule has 3 aliphatic rings. The van der Waals surface area contributed by atoms with E-state index in [0.717, 1.165) is 18.5 Å². The molecule has 8 aromatic rings. The van der Waals surface area contributed by atoms with Gasteiger partial charge in [-0.05, 0) is 122 Å². The maximum atomic E-state index is 2.50. The molecule has 8 aromatic carbocycles. The topological polar surface area (TPSA) is 3.24 Å². The first kappa shape index (κ1) is 33.4. The minimum Gasteiger partial charge on any atom is -0.310 e. The van der Waals surface area contributed by atoms with Crippen LogP contribution < -0.4 is 4.90 Å². The summed E-state index contributed by atoms with van der Waals surface area (Å²) in [4.78, 5) is 2.45. The zero-order chi connectivity index (χ0) is 37.8. The summed E-state index contributed by atoms with van der Waals surface area (Å²) in [6.45, 7) is 0. The van der Waals surface area contributed by atoms with Crippen LogP contribution in [0, 0.1) is 0 Å². The number of rotatable bonds is 5. The van der Waals surface area contributed by atoms with E-state index in [1.165, 1.54) is 83.7 Å². The van der Waals surface area contributed by atoms with Gasteiger partial charge in [-0.15, -0.1) is 0 Å². The molecular formula is C56H41N. The van der Waals surface area contributed by atoms with Crippen LogP contribution in [0.2, 0.25) is 0 Å². The highest BCUT2D eigenvalue weighted by molar-refractivity contribution is 5.96. The van der Waals surface area contributed by atoms with E-state index >= 15 is 0 Å². The van der Waals surface area contributed by atoms with Gasteiger partial charge in [0.15, 0.2) is 0 Å². The Kier molecular flexibility index (Phi) is 8.00. The van der Waals surface area contributed by atoms with Crippen molar-refractivity contribution in [1.82, 2.24) is 0 Å². The van der Waals surface area contributed by atoms with Crippen molar-refractivity contribution in [3.05, 3.63) is 257 Å². The van der Waals surface area contributed by atoms with Crippen LogP contribution in [0.15, 0.2) is 218 Å². The number of fused-ring (bicyclic) bond motifs is 9. The zero-order valence-corrected chi connectivity index (χ0v) is 31.7. The third-order valence-electron chi connectivity index (χ3n) is 12.5. The van der Waals surface area contributed by atoms with Crippen LogP contribution in [0.3, 0.4) is 0 Å². The van der Waals surface area contributed by atoms with Crippen molar-refractivity contribution < 1.29 is 0 Å². The third kappa shape index (κ3) is 5.38. The molecule has 11 rings (SSSR count). The molecule has 1 aliphatic heterocycles. The molecular weight excluding hydrogens is 687 g/mol. The van der Waals surface area contributed by atoms with Crippen LogP contribution in [0.4, 0.5) is 17.1 Å². The van der Waals surface area contributed by atoms with Gasteiger partial charge in [-0.2, -0.15) is 0 Å². The maximum Gasteiger partial charge on any atom is 0.0754 e. The van der Waals surface area contributed by atoms with E-state index in [4.69, 9.17) is 0 Å². The fraction of sp³-hybridized carbons (Fsp3) is 0.0714. The lowest BCUT2D eigenvalue weighted by molar-refractivity contribution is 0.753. The van der Waals surface area contributed by atoms with Crippen LogP contribution >= 0.6 is 0 Å². The number of nitrogens with zero attached hydrogens (tertiary/aromatic N) is 1. The molecule has 1 spiro atoms. The van der Waals surface area contributed by atoms with E-state index in [-0.39, 0.29) is 0 Å². The Morgan fingerprint density at radius 1 is 0.421 bits per heavy atom. The van der Waals surface area contributed by atoms with Crippen molar-refractivity contribution >= 4 is 28.2 Å². The lowest BCUT2D eigenvalue weighted by atomic mass is 9.64. The predicted octanol–water partition coefficient (Wildman–Crippen LogP) is 14.5. The molecule has 0 radical (unpaired) electrons. The van der Waals surface area contributed by atoms with Gasteiger partial charge < -0.3 is 4.90 Å². The first-order valence-electron chi connectivity index (χ1n) is 20.2. The number of anilines is 3. The molecule has 1 nitrogen and oxygen atoms in total. The van der Waals surface area contributed by atoms with E-state index in [2.05, 4.69) is 223 Å². The molecule has 0 aromatic heterocycles. The van der Waals surface area contributed by atoms with Gasteiger partial charge in [0.05, 0.1) is 16.8 Å². The quantitative estimate of drug-likeness (QED) is 0.171. The summed E-state index contributed by atoms with van der Waals surface area (Å²) in [6.07, 6.45) is 7.00. The highest BCUT2D eigenvalue weighted by Crippen LogP contribution is 2.63. The average molecular weight is 728 g/mol. The number of para-hydroxylation sites is 3. The van der Waals surface area contributed by atoms with Crippen molar-refractivity contribution in [2.75, 3.05) is 4.90 Å². The Balaban J connectivity index is 1.06. The summed E-state index contributed by atoms with van der Waals surface area (Å²) in [7, 11) is 0. The fourth-order valence-electron chi connectivity index (χ4n) is 9.96. The molecule has 1 heteroatoms. The minimum atomic E-state index is -0.482. The number of allylic oxidation sites excluding steroid dienone is 4. The molecule has 1 heterocycles. The van der Waals surface area contributed by atoms with Crippen LogP contribution in [0.5, 0.6) is 0 Å². The van der Waals surface area contributed by atoms with Crippen LogP contribution in [-0.2, 0) is 5.41 Å². The van der Waals surface area contributed by atoms with Gasteiger partial charge in [0.1, 0.15) is 0 Å². The molecule has 0 amide bonds. The highest BCUT2D eigenvalue weighted by atomic mass is 15.2. The molecule has 0 fully saturated rings. The summed E-state index contributed by atoms with van der Waals surface area (Å²) < 4.78 is 0. The summed E-state index contributed by atoms with van der Waals surface area (Å²) in [5.41, 5.74) is 20.1. The van der Waals surface area contributed by atoms with Gasteiger partial charge in [-0.25, -0.2) is 0 Å². The second-order valence-corrected chi connectivity index (χ2v) is 15.6. The zero-order valence-electron chi connectivity index (χ0n) is 31.7. The lowest BCUT2D eigenvalue weighted by Crippen LogP contribution is -2.36. The SMILES string of the molecule is C1=C(c2ccccc2)C=C(c2cccc(-c3ccc4c(c3)C3(c5ccccc5-4)c4ccccc4N(c4ccccc4)c4ccccc43)c2)CCC1c1ccccc1. The Labute approximate surface area is 335 Å². The molecule has 1 atom stereocenters. The Hall–Kier alpha value is -6.96. The standard InChI is InChI=1S/C56H41N/c1-4-17-39(18-5-1)43-31-32-44(37-46(36-43)40-19-6-2-7-20-40)41-21-16-22-42(35-41)45-33-34-49-48-25-10-11-26-50(48)56(53(49)38-45)51-27-12-14-29-54(51)57(47-23-8-3-9-24-47)55-30-15-13-28-52(55)56/h1-30,33-38,43H,31-32H2. The summed E-state index contributed by atoms with van der Waals surface area (Å²) in [5, 5.41) is 0. The molecule has 1 unspecified atom stereocenters. The van der Waals surface area contributed by atoms with Crippen molar-refractivity contribution in [3.63, 3.8) is 0 Å². The van der Waals surface area contributed by atoms with Gasteiger partial charge in [0.2, 0.25) is 0 Å². The molecule has 0 saturated heterocycles. The molecule has 0 bridgehead atoms. The van der Waals surface area contributed by atoms with E-state index in [1.807, 2.05) is 0 Å². The van der Waals surface area contributed by atoms with Crippen molar-refractivity contribution in [2.24, 2.45) is 0 Å². The van der Waals surface area contributed by atoms with E-state index in [9.17, 15) is 0 Å². The van der Waals surface area contributed by atoms with E-state index in [1.54, 1.807) is 0 Å². The summed E-state index contributed by atoms with van der Waals surface area (Å²) in [5.74, 6) is 0.354. The number of hydrogen-bond acceptors (Lipinski definition) is 1. The van der Waals surface area contributed by atoms with Gasteiger partial charge in [-0.3, -0.25) is 0 Å². The van der Waals surface area contributed by atoms with Crippen LogP contribution in [-0.4, -0.2) is 0 Å². The Morgan fingerprint density at radius 3 is 1.72 bits per heavy atom. The van der Waals surface area contributed by atoms with Gasteiger partial charge in [0, 0.05) is 11.6 Å². The predicted molar refractivity (Wildman–Crippen MR) is 238 cm³/mol. The molecule has 270 valence electrons. The second-order valence-electron chi connectivity index (χ2n) is 15.6. The van der Waals surface area contributed by atoms with Crippen LogP contribution in [0.25, 0.3) is 33.4 Å². The van der Waals surface area contributed by atoms with E-state index < -0.39 is 5.41 Å². The van der Waals surface area contributed by atoms with Crippen molar-refractivity contribution in [3.8, 4) is 22.3 Å². The van der Waals surface area contributed by atoms with Gasteiger partial charge in [-0.1, -0.05) is 182 Å². The van der Waals surface area contributed by atoms with Crippen molar-refractivity contribution in [1.29, 1.82) is 0 Å². The van der Waals surface area contributed by atoms with Gasteiger partial charge in [0.25, 0.3) is 0 Å². The largest absolute Gasteiger partial charge is 0.310 e. The van der Waals surface area contributed by atoms with Crippen molar-refractivity contribution in [2.45, 2.75) is 24.2 Å². The fourth-order valence-corrected chi connectivity index (χ4v) is 9.96. The second kappa shape index (κ2) is 13.7. The third-order valence-corrected chi connectivity index (χ3v) is 12.5. The first-order valence-corrected chi connectivity index (χ1v) is 20.2. The molecule has 2 aliphatic carbocycles. The normalized spacial score (nSPS) is 16.1. The number of hydrogen-bond donors (Lipinski definition) is 0. The lowest BCUT2D eigenvalue weighted by Gasteiger charge is -2.45. The monoisotopic (exact) mass is 727 g/mol. The molecule has 0 saturated carbocycles. The Morgan fingerprint density at radius 2 is 0.982 bits per heavy atom. The minimum absolute atomic E-state index is 0.354. The average Bonchev–Trinajstić information content (AvgIpc) is 3.39. The van der Waals surface area contributed by atoms with Crippen LogP contribution in [0.1, 0.15) is 57.7 Å². The maximum absolute atomic E-state index is 2.50. The smallest absolute Gasteiger partial charge is 0.0754 e.